The van der Waals surface area contributed by atoms with Crippen LogP contribution < -0.4 is 5.32 Å². The van der Waals surface area contributed by atoms with Crippen LogP contribution in [-0.2, 0) is 11.2 Å². The van der Waals surface area contributed by atoms with Gasteiger partial charge in [-0.1, -0.05) is 30.8 Å². The summed E-state index contributed by atoms with van der Waals surface area (Å²) in [6.07, 6.45) is 4.21. The number of nitro benzene ring substituents is 1. The first-order valence-corrected chi connectivity index (χ1v) is 11.3. The average Bonchev–Trinajstić information content (AvgIpc) is 3.28. The molecule has 4 rings (SSSR count). The second-order valence-corrected chi connectivity index (χ2v) is 8.10. The number of thioether (sulfide) groups is 1. The van der Waals surface area contributed by atoms with Crippen molar-refractivity contribution in [3.8, 4) is 17.1 Å². The van der Waals surface area contributed by atoms with Crippen molar-refractivity contribution in [2.24, 2.45) is 0 Å². The van der Waals surface area contributed by atoms with Crippen molar-refractivity contribution in [1.29, 1.82) is 0 Å². The Bertz CT molecular complexity index is 1330. The molecule has 0 radical (unpaired) electrons. The smallest absolute Gasteiger partial charge is 0.295 e. The maximum absolute atomic E-state index is 13.4. The number of nitrogens with one attached hydrogen (secondary N) is 1. The molecule has 0 fully saturated rings. The normalized spacial score (nSPS) is 10.8. The molecule has 4 aromatic rings. The summed E-state index contributed by atoms with van der Waals surface area (Å²) in [4.78, 5) is 27.0. The second-order valence-electron chi connectivity index (χ2n) is 7.15. The van der Waals surface area contributed by atoms with Gasteiger partial charge in [-0.2, -0.15) is 0 Å². The van der Waals surface area contributed by atoms with E-state index < -0.39 is 22.3 Å². The van der Waals surface area contributed by atoms with Crippen molar-refractivity contribution in [3.05, 3.63) is 88.5 Å². The third kappa shape index (κ3) is 5.09. The number of carbonyl (C=O) groups is 1. The van der Waals surface area contributed by atoms with Crippen molar-refractivity contribution in [3.63, 3.8) is 0 Å². The molecule has 0 saturated carbocycles. The van der Waals surface area contributed by atoms with Gasteiger partial charge in [0, 0.05) is 23.6 Å². The minimum absolute atomic E-state index is 0.0777. The van der Waals surface area contributed by atoms with Crippen LogP contribution in [0.2, 0.25) is 0 Å². The Morgan fingerprint density at radius 2 is 1.85 bits per heavy atom. The van der Waals surface area contributed by atoms with Crippen molar-refractivity contribution in [2.75, 3.05) is 11.1 Å². The number of amides is 1. The van der Waals surface area contributed by atoms with Crippen LogP contribution in [0.1, 0.15) is 12.5 Å². The van der Waals surface area contributed by atoms with E-state index in [1.54, 1.807) is 12.4 Å². The molecule has 11 heteroatoms. The van der Waals surface area contributed by atoms with Crippen LogP contribution in [0, 0.1) is 15.9 Å². The largest absolute Gasteiger partial charge is 0.320 e. The van der Waals surface area contributed by atoms with E-state index >= 15 is 0 Å². The van der Waals surface area contributed by atoms with Gasteiger partial charge >= 0.3 is 0 Å². The Morgan fingerprint density at radius 3 is 2.53 bits per heavy atom. The summed E-state index contributed by atoms with van der Waals surface area (Å²) in [5, 5.41) is 22.7. The standard InChI is InChI=1S/C23H19FN6O3S/c1-2-15-3-6-18(7-4-15)29-22(16-9-11-25-12-10-16)27-28-23(29)34-14-21(31)26-19-8-5-17(24)13-20(19)30(32)33/h3-13H,2,14H2,1H3,(H,26,31). The minimum Gasteiger partial charge on any atom is -0.320 e. The molecule has 9 nitrogen and oxygen atoms in total. The molecule has 0 unspecified atom stereocenters. The highest BCUT2D eigenvalue weighted by Crippen LogP contribution is 2.29. The first kappa shape index (κ1) is 23.1. The minimum atomic E-state index is -0.759. The van der Waals surface area contributed by atoms with Gasteiger partial charge < -0.3 is 5.32 Å². The molecule has 0 aliphatic rings. The Labute approximate surface area is 198 Å². The van der Waals surface area contributed by atoms with Crippen molar-refractivity contribution < 1.29 is 14.1 Å². The molecular formula is C23H19FN6O3S. The molecule has 2 aromatic carbocycles. The van der Waals surface area contributed by atoms with Crippen LogP contribution in [-0.4, -0.2) is 36.3 Å². The average molecular weight is 479 g/mol. The Morgan fingerprint density at radius 1 is 1.12 bits per heavy atom. The topological polar surface area (TPSA) is 116 Å². The number of aryl methyl sites for hydroxylation is 1. The molecule has 0 atom stereocenters. The fraction of sp³-hybridized carbons (Fsp3) is 0.130. The van der Waals surface area contributed by atoms with Crippen LogP contribution in [0.4, 0.5) is 15.8 Å². The summed E-state index contributed by atoms with van der Waals surface area (Å²) in [6, 6.07) is 14.5. The first-order chi connectivity index (χ1) is 16.5. The van der Waals surface area contributed by atoms with E-state index in [9.17, 15) is 19.3 Å². The molecule has 0 aliphatic carbocycles. The van der Waals surface area contributed by atoms with Crippen molar-refractivity contribution in [2.45, 2.75) is 18.5 Å². The molecule has 0 spiro atoms. The lowest BCUT2D eigenvalue weighted by molar-refractivity contribution is -0.384. The highest BCUT2D eigenvalue weighted by atomic mass is 32.2. The van der Waals surface area contributed by atoms with Gasteiger partial charge in [-0.05, 0) is 48.4 Å². The number of rotatable bonds is 8. The number of aromatic nitrogens is 4. The third-order valence-electron chi connectivity index (χ3n) is 4.94. The number of carbonyl (C=O) groups excluding carboxylic acids is 1. The molecule has 1 N–H and O–H groups in total. The molecule has 1 amide bonds. The van der Waals surface area contributed by atoms with Crippen LogP contribution >= 0.6 is 11.8 Å². The zero-order chi connectivity index (χ0) is 24.1. The molecule has 2 heterocycles. The maximum Gasteiger partial charge on any atom is 0.295 e. The third-order valence-corrected chi connectivity index (χ3v) is 5.87. The zero-order valence-corrected chi connectivity index (χ0v) is 18.8. The second kappa shape index (κ2) is 10.2. The number of hydrogen-bond donors (Lipinski definition) is 1. The van der Waals surface area contributed by atoms with E-state index in [-0.39, 0.29) is 11.4 Å². The van der Waals surface area contributed by atoms with Gasteiger partial charge in [-0.3, -0.25) is 24.5 Å². The lowest BCUT2D eigenvalue weighted by Gasteiger charge is -2.11. The molecule has 0 bridgehead atoms. The van der Waals surface area contributed by atoms with Crippen LogP contribution in [0.5, 0.6) is 0 Å². The molecule has 34 heavy (non-hydrogen) atoms. The summed E-state index contributed by atoms with van der Waals surface area (Å²) in [5.41, 5.74) is 2.21. The number of nitro groups is 1. The van der Waals surface area contributed by atoms with Gasteiger partial charge in [0.15, 0.2) is 11.0 Å². The number of pyridine rings is 1. The van der Waals surface area contributed by atoms with Crippen LogP contribution in [0.25, 0.3) is 17.1 Å². The van der Waals surface area contributed by atoms with Crippen LogP contribution in [0.15, 0.2) is 72.1 Å². The number of hydrogen-bond acceptors (Lipinski definition) is 7. The lowest BCUT2D eigenvalue weighted by Crippen LogP contribution is -2.15. The summed E-state index contributed by atoms with van der Waals surface area (Å²) >= 11 is 1.13. The van der Waals surface area contributed by atoms with Crippen molar-refractivity contribution in [1.82, 2.24) is 19.7 Å². The van der Waals surface area contributed by atoms with Gasteiger partial charge in [0.2, 0.25) is 5.91 Å². The number of nitrogens with zero attached hydrogens (tertiary/aromatic N) is 5. The number of anilines is 1. The van der Waals surface area contributed by atoms with E-state index in [0.717, 1.165) is 47.6 Å². The summed E-state index contributed by atoms with van der Waals surface area (Å²) in [6.45, 7) is 2.07. The van der Waals surface area contributed by atoms with Gasteiger partial charge in [0.25, 0.3) is 5.69 Å². The van der Waals surface area contributed by atoms with Gasteiger partial charge in [-0.15, -0.1) is 10.2 Å². The Balaban J connectivity index is 1.59. The highest BCUT2D eigenvalue weighted by molar-refractivity contribution is 7.99. The van der Waals surface area contributed by atoms with Gasteiger partial charge in [-0.25, -0.2) is 4.39 Å². The van der Waals surface area contributed by atoms with Crippen molar-refractivity contribution >= 4 is 29.0 Å². The van der Waals surface area contributed by atoms with Gasteiger partial charge in [0.05, 0.1) is 16.7 Å². The number of halogens is 1. The molecule has 0 saturated heterocycles. The van der Waals surface area contributed by atoms with E-state index in [4.69, 9.17) is 0 Å². The number of benzene rings is 2. The van der Waals surface area contributed by atoms with Crippen LogP contribution in [0.3, 0.4) is 0 Å². The molecule has 172 valence electrons. The zero-order valence-electron chi connectivity index (χ0n) is 18.0. The van der Waals surface area contributed by atoms with Gasteiger partial charge in [0.1, 0.15) is 11.5 Å². The fourth-order valence-electron chi connectivity index (χ4n) is 3.24. The SMILES string of the molecule is CCc1ccc(-n2c(SCC(=O)Nc3ccc(F)cc3[N+](=O)[O-])nnc2-c2ccncc2)cc1. The first-order valence-electron chi connectivity index (χ1n) is 10.3. The maximum atomic E-state index is 13.4. The summed E-state index contributed by atoms with van der Waals surface area (Å²) in [7, 11) is 0. The quantitative estimate of drug-likeness (QED) is 0.222. The van der Waals surface area contributed by atoms with E-state index in [1.165, 1.54) is 5.56 Å². The van der Waals surface area contributed by atoms with E-state index in [2.05, 4.69) is 27.4 Å². The molecular weight excluding hydrogens is 459 g/mol. The predicted octanol–water partition coefficient (Wildman–Crippen LogP) is 4.67. The predicted molar refractivity (Wildman–Crippen MR) is 126 cm³/mol. The lowest BCUT2D eigenvalue weighted by atomic mass is 10.1. The van der Waals surface area contributed by atoms with E-state index in [0.29, 0.717) is 11.0 Å². The van der Waals surface area contributed by atoms with E-state index in [1.807, 2.05) is 41.0 Å². The molecule has 0 aliphatic heterocycles. The molecule has 2 aromatic heterocycles. The highest BCUT2D eigenvalue weighted by Gasteiger charge is 2.20. The summed E-state index contributed by atoms with van der Waals surface area (Å²) in [5.74, 6) is -0.759. The Kier molecular flexibility index (Phi) is 6.93. The Hall–Kier alpha value is -4.12. The summed E-state index contributed by atoms with van der Waals surface area (Å²) < 4.78 is 15.2. The monoisotopic (exact) mass is 478 g/mol. The fourth-order valence-corrected chi connectivity index (χ4v) is 3.99.